The quantitative estimate of drug-likeness (QED) is 0.554. The molecule has 14 heteroatoms. The summed E-state index contributed by atoms with van der Waals surface area (Å²) < 4.78 is 127. The molecule has 0 atom stereocenters. The Morgan fingerprint density at radius 1 is 0.914 bits per heavy atom. The second-order valence-corrected chi connectivity index (χ2v) is 12.4. The van der Waals surface area contributed by atoms with E-state index < -0.39 is 69.7 Å². The molecule has 1 aliphatic carbocycles. The van der Waals surface area contributed by atoms with Gasteiger partial charge < -0.3 is 5.32 Å². The number of alkyl halides is 6. The highest BCUT2D eigenvalue weighted by atomic mass is 32.2. The van der Waals surface area contributed by atoms with Crippen molar-refractivity contribution < 1.29 is 48.0 Å². The van der Waals surface area contributed by atoms with E-state index in [-0.39, 0.29) is 25.3 Å². The minimum Gasteiger partial charge on any atom is -0.352 e. The van der Waals surface area contributed by atoms with Crippen LogP contribution in [0, 0.1) is 5.92 Å². The molecule has 6 nitrogen and oxygen atoms in total. The van der Waals surface area contributed by atoms with Crippen LogP contribution in [-0.2, 0) is 32.0 Å². The zero-order valence-electron chi connectivity index (χ0n) is 17.9. The number of benzene rings is 2. The Hall–Kier alpha value is -2.61. The van der Waals surface area contributed by atoms with Crippen molar-refractivity contribution in [3.8, 4) is 0 Å². The molecule has 0 spiro atoms. The van der Waals surface area contributed by atoms with Gasteiger partial charge in [-0.15, -0.1) is 0 Å². The van der Waals surface area contributed by atoms with Gasteiger partial charge in [-0.25, -0.2) is 16.8 Å². The highest BCUT2D eigenvalue weighted by Gasteiger charge is 2.41. The minimum absolute atomic E-state index is 0.0325. The standard InChI is InChI=1S/C21H19F6NO5S2/c1-34(30,31)18-10-14(21(25,26)27)5-6-17(18)19(29)28-11-12-7-16(8-12)35(32,33)15-4-2-3-13(9-15)20(22,23)24/h2-6,9-10,12,16H,7-8,11H2,1H3,(H,28,29)/t12-,16-. The summed E-state index contributed by atoms with van der Waals surface area (Å²) in [7, 11) is -8.24. The largest absolute Gasteiger partial charge is 0.416 e. The second-order valence-electron chi connectivity index (χ2n) is 8.22. The van der Waals surface area contributed by atoms with Crippen LogP contribution in [0.3, 0.4) is 0 Å². The van der Waals surface area contributed by atoms with Crippen molar-refractivity contribution in [2.24, 2.45) is 5.92 Å². The van der Waals surface area contributed by atoms with Gasteiger partial charge >= 0.3 is 12.4 Å². The number of carbonyl (C=O) groups is 1. The van der Waals surface area contributed by atoms with E-state index in [0.29, 0.717) is 24.5 Å². The van der Waals surface area contributed by atoms with Gasteiger partial charge in [-0.05, 0) is 55.2 Å². The predicted molar refractivity (Wildman–Crippen MR) is 112 cm³/mol. The lowest BCUT2D eigenvalue weighted by Crippen LogP contribution is -2.42. The molecule has 0 unspecified atom stereocenters. The summed E-state index contributed by atoms with van der Waals surface area (Å²) in [5.74, 6) is -1.33. The van der Waals surface area contributed by atoms with E-state index in [4.69, 9.17) is 0 Å². The zero-order chi connectivity index (χ0) is 26.4. The Balaban J connectivity index is 1.67. The van der Waals surface area contributed by atoms with Gasteiger partial charge in [0.05, 0.1) is 31.7 Å². The van der Waals surface area contributed by atoms with Crippen LogP contribution in [0.1, 0.15) is 34.3 Å². The van der Waals surface area contributed by atoms with Crippen LogP contribution in [0.25, 0.3) is 0 Å². The molecular weight excluding hydrogens is 524 g/mol. The third-order valence-corrected chi connectivity index (χ3v) is 8.94. The molecule has 0 heterocycles. The van der Waals surface area contributed by atoms with Crippen molar-refractivity contribution in [2.45, 2.75) is 40.2 Å². The molecule has 1 amide bonds. The molecule has 0 radical (unpaired) electrons. The first-order valence-electron chi connectivity index (χ1n) is 10.0. The fourth-order valence-electron chi connectivity index (χ4n) is 3.66. The summed E-state index contributed by atoms with van der Waals surface area (Å²) in [6, 6.07) is 5.06. The van der Waals surface area contributed by atoms with Crippen molar-refractivity contribution in [3.63, 3.8) is 0 Å². The first kappa shape index (κ1) is 27.0. The van der Waals surface area contributed by atoms with Crippen LogP contribution in [0.4, 0.5) is 26.3 Å². The van der Waals surface area contributed by atoms with Crippen LogP contribution >= 0.6 is 0 Å². The Bertz CT molecular complexity index is 1340. The highest BCUT2D eigenvalue weighted by molar-refractivity contribution is 7.92. The lowest BCUT2D eigenvalue weighted by Gasteiger charge is -2.35. The number of rotatable bonds is 6. The Labute approximate surface area is 197 Å². The van der Waals surface area contributed by atoms with Gasteiger partial charge in [0.25, 0.3) is 5.91 Å². The van der Waals surface area contributed by atoms with Crippen LogP contribution in [-0.4, -0.2) is 40.8 Å². The fourth-order valence-corrected chi connectivity index (χ4v) is 6.56. The monoisotopic (exact) mass is 543 g/mol. The minimum atomic E-state index is -4.82. The van der Waals surface area contributed by atoms with Gasteiger partial charge in [-0.1, -0.05) is 6.07 Å². The molecule has 2 aromatic rings. The van der Waals surface area contributed by atoms with Crippen molar-refractivity contribution in [1.29, 1.82) is 0 Å². The Kier molecular flexibility index (Phi) is 7.03. The number of halogens is 6. The van der Waals surface area contributed by atoms with Crippen molar-refractivity contribution >= 4 is 25.6 Å². The van der Waals surface area contributed by atoms with Gasteiger partial charge in [-0.2, -0.15) is 26.3 Å². The van der Waals surface area contributed by atoms with E-state index in [0.717, 1.165) is 24.3 Å². The topological polar surface area (TPSA) is 97.4 Å². The Morgan fingerprint density at radius 2 is 1.49 bits per heavy atom. The van der Waals surface area contributed by atoms with E-state index in [1.165, 1.54) is 0 Å². The lowest BCUT2D eigenvalue weighted by molar-refractivity contribution is -0.138. The maximum atomic E-state index is 12.9. The van der Waals surface area contributed by atoms with Gasteiger partial charge in [0.15, 0.2) is 19.7 Å². The number of sulfone groups is 2. The van der Waals surface area contributed by atoms with Crippen molar-refractivity contribution in [1.82, 2.24) is 5.32 Å². The van der Waals surface area contributed by atoms with Crippen molar-refractivity contribution in [2.75, 3.05) is 12.8 Å². The zero-order valence-corrected chi connectivity index (χ0v) is 19.6. The second kappa shape index (κ2) is 9.12. The molecule has 3 rings (SSSR count). The predicted octanol–water partition coefficient (Wildman–Crippen LogP) is 4.11. The molecule has 0 aromatic heterocycles. The fraction of sp³-hybridized carbons (Fsp3) is 0.381. The Morgan fingerprint density at radius 3 is 2.03 bits per heavy atom. The van der Waals surface area contributed by atoms with Crippen LogP contribution in [0.15, 0.2) is 52.3 Å². The molecule has 192 valence electrons. The van der Waals surface area contributed by atoms with Gasteiger partial charge in [0, 0.05) is 12.8 Å². The summed E-state index contributed by atoms with van der Waals surface area (Å²) in [5, 5.41) is 1.42. The average molecular weight is 544 g/mol. The van der Waals surface area contributed by atoms with Gasteiger partial charge in [0.2, 0.25) is 0 Å². The third kappa shape index (κ3) is 5.97. The number of hydrogen-bond acceptors (Lipinski definition) is 5. The summed E-state index contributed by atoms with van der Waals surface area (Å²) >= 11 is 0. The molecule has 1 saturated carbocycles. The van der Waals surface area contributed by atoms with Crippen LogP contribution in [0.2, 0.25) is 0 Å². The molecule has 1 fully saturated rings. The summed E-state index contributed by atoms with van der Waals surface area (Å²) in [4.78, 5) is 11.2. The van der Waals surface area contributed by atoms with E-state index in [1.807, 2.05) is 0 Å². The molecule has 2 aromatic carbocycles. The lowest BCUT2D eigenvalue weighted by atomic mass is 9.84. The van der Waals surface area contributed by atoms with E-state index in [1.54, 1.807) is 0 Å². The average Bonchev–Trinajstić information content (AvgIpc) is 2.70. The molecule has 35 heavy (non-hydrogen) atoms. The summed E-state index contributed by atoms with van der Waals surface area (Å²) in [6.07, 6.45) is -8.80. The van der Waals surface area contributed by atoms with Crippen LogP contribution < -0.4 is 5.32 Å². The van der Waals surface area contributed by atoms with E-state index in [9.17, 15) is 48.0 Å². The molecular formula is C21H19F6NO5S2. The maximum Gasteiger partial charge on any atom is 0.416 e. The molecule has 1 aliphatic rings. The third-order valence-electron chi connectivity index (χ3n) is 5.63. The van der Waals surface area contributed by atoms with E-state index in [2.05, 4.69) is 5.32 Å². The highest BCUT2D eigenvalue weighted by Crippen LogP contribution is 2.38. The smallest absolute Gasteiger partial charge is 0.352 e. The van der Waals surface area contributed by atoms with Gasteiger partial charge in [0.1, 0.15) is 0 Å². The number of amides is 1. The normalized spacial score (nSPS) is 19.2. The molecule has 0 bridgehead atoms. The summed E-state index contributed by atoms with van der Waals surface area (Å²) in [5.41, 5.74) is -2.83. The molecule has 1 N–H and O–H groups in total. The van der Waals surface area contributed by atoms with Crippen molar-refractivity contribution in [3.05, 3.63) is 59.2 Å². The van der Waals surface area contributed by atoms with E-state index >= 15 is 0 Å². The number of carbonyl (C=O) groups excluding carboxylic acids is 1. The SMILES string of the molecule is CS(=O)(=O)c1cc(C(F)(F)F)ccc1C(=O)NC[C@H]1C[C@H](S(=O)(=O)c2cccc(C(F)(F)F)c2)C1. The van der Waals surface area contributed by atoms with Crippen LogP contribution in [0.5, 0.6) is 0 Å². The number of nitrogens with one attached hydrogen (secondary N) is 1. The first-order valence-corrected chi connectivity index (χ1v) is 13.4. The molecule has 0 saturated heterocycles. The number of hydrogen-bond donors (Lipinski definition) is 1. The first-order chi connectivity index (χ1) is 15.9. The molecule has 0 aliphatic heterocycles. The van der Waals surface area contributed by atoms with Gasteiger partial charge in [-0.3, -0.25) is 4.79 Å². The maximum absolute atomic E-state index is 12.9. The summed E-state index contributed by atoms with van der Waals surface area (Å²) in [6.45, 7) is -0.0995.